The molecule has 21 heavy (non-hydrogen) atoms. The van der Waals surface area contributed by atoms with E-state index in [4.69, 9.17) is 21.1 Å². The zero-order chi connectivity index (χ0) is 16.2. The third kappa shape index (κ3) is 4.02. The summed E-state index contributed by atoms with van der Waals surface area (Å²) in [7, 11) is -3.15. The van der Waals surface area contributed by atoms with Crippen LogP contribution in [0.5, 0.6) is 0 Å². The third-order valence-electron chi connectivity index (χ3n) is 3.66. The number of nitrogens with two attached hydrogens (primary N) is 2. The zero-order valence-corrected chi connectivity index (χ0v) is 12.3. The van der Waals surface area contributed by atoms with E-state index in [1.165, 1.54) is 6.92 Å². The van der Waals surface area contributed by atoms with Gasteiger partial charge in [-0.25, -0.2) is 13.4 Å². The molecule has 2 aliphatic rings. The standard InChI is InChI=1S/C10H18N4O3S.CO2/c1-5(15)13-7-4-18(16,17)8-3-2-6(9(7)8)14-10(11)12;2-1-3/h6-9H,2-4H2,1H3,(H,13,15)(H4,11,12,14);/t6-,7+,8-,9-;/m1./s1. The summed E-state index contributed by atoms with van der Waals surface area (Å²) in [5, 5.41) is 2.27. The number of sulfone groups is 1. The molecule has 10 heteroatoms. The number of fused-ring (bicyclic) bond motifs is 1. The van der Waals surface area contributed by atoms with Crippen molar-refractivity contribution in [3.63, 3.8) is 0 Å². The van der Waals surface area contributed by atoms with E-state index in [0.29, 0.717) is 12.8 Å². The number of carbonyl (C=O) groups excluding carboxylic acids is 3. The summed E-state index contributed by atoms with van der Waals surface area (Å²) in [6.07, 6.45) is 1.45. The topological polar surface area (TPSA) is 162 Å². The van der Waals surface area contributed by atoms with E-state index in [1.54, 1.807) is 0 Å². The van der Waals surface area contributed by atoms with Gasteiger partial charge in [-0.3, -0.25) is 4.79 Å². The number of hydrogen-bond acceptors (Lipinski definition) is 6. The summed E-state index contributed by atoms with van der Waals surface area (Å²) >= 11 is 0. The van der Waals surface area contributed by atoms with E-state index in [1.807, 2.05) is 0 Å². The lowest BCUT2D eigenvalue weighted by Gasteiger charge is -2.22. The molecule has 0 aromatic carbocycles. The third-order valence-corrected chi connectivity index (χ3v) is 5.96. The van der Waals surface area contributed by atoms with Crippen LogP contribution in [0.1, 0.15) is 19.8 Å². The molecule has 0 spiro atoms. The van der Waals surface area contributed by atoms with Crippen LogP contribution in [-0.4, -0.2) is 49.5 Å². The Balaban J connectivity index is 0.000000677. The maximum Gasteiger partial charge on any atom is 0.373 e. The molecule has 0 unspecified atom stereocenters. The minimum Gasteiger partial charge on any atom is -0.370 e. The van der Waals surface area contributed by atoms with Crippen molar-refractivity contribution in [1.29, 1.82) is 0 Å². The molecule has 4 atom stereocenters. The van der Waals surface area contributed by atoms with E-state index in [2.05, 4.69) is 10.3 Å². The number of nitrogens with one attached hydrogen (secondary N) is 1. The lowest BCUT2D eigenvalue weighted by atomic mass is 9.96. The Morgan fingerprint density at radius 3 is 2.33 bits per heavy atom. The molecule has 0 radical (unpaired) electrons. The van der Waals surface area contributed by atoms with Crippen molar-refractivity contribution in [2.75, 3.05) is 5.75 Å². The SMILES string of the molecule is CC(=O)N[C@H]1CS(=O)(=O)[C@@H]2CC[C@@H](N=C(N)N)[C@H]12.O=C=O. The Morgan fingerprint density at radius 1 is 1.29 bits per heavy atom. The monoisotopic (exact) mass is 318 g/mol. The number of rotatable bonds is 2. The van der Waals surface area contributed by atoms with Gasteiger partial charge in [-0.05, 0) is 12.8 Å². The quantitative estimate of drug-likeness (QED) is 0.383. The first kappa shape index (κ1) is 17.1. The van der Waals surface area contributed by atoms with Gasteiger partial charge in [0, 0.05) is 18.9 Å². The molecule has 5 N–H and O–H groups in total. The van der Waals surface area contributed by atoms with Crippen molar-refractivity contribution in [3.8, 4) is 0 Å². The molecule has 0 bridgehead atoms. The van der Waals surface area contributed by atoms with Gasteiger partial charge in [0.05, 0.1) is 17.0 Å². The average molecular weight is 318 g/mol. The Morgan fingerprint density at radius 2 is 1.86 bits per heavy atom. The van der Waals surface area contributed by atoms with Gasteiger partial charge in [-0.1, -0.05) is 0 Å². The van der Waals surface area contributed by atoms with Crippen molar-refractivity contribution < 1.29 is 22.8 Å². The molecule has 1 aliphatic carbocycles. The predicted molar refractivity (Wildman–Crippen MR) is 72.5 cm³/mol. The Bertz CT molecular complexity index is 563. The smallest absolute Gasteiger partial charge is 0.370 e. The molecule has 0 aromatic heterocycles. The fraction of sp³-hybridized carbons (Fsp3) is 0.727. The normalized spacial score (nSPS) is 32.0. The van der Waals surface area contributed by atoms with Gasteiger partial charge >= 0.3 is 6.15 Å². The van der Waals surface area contributed by atoms with Crippen LogP contribution in [0.2, 0.25) is 0 Å². The lowest BCUT2D eigenvalue weighted by molar-refractivity contribution is -0.191. The van der Waals surface area contributed by atoms with Gasteiger partial charge < -0.3 is 16.8 Å². The molecule has 1 amide bonds. The van der Waals surface area contributed by atoms with Gasteiger partial charge in [0.1, 0.15) is 0 Å². The highest BCUT2D eigenvalue weighted by Gasteiger charge is 2.54. The molecular weight excluding hydrogens is 300 g/mol. The van der Waals surface area contributed by atoms with Crippen LogP contribution in [0.15, 0.2) is 4.99 Å². The number of carbonyl (C=O) groups is 1. The minimum atomic E-state index is -3.15. The summed E-state index contributed by atoms with van der Waals surface area (Å²) in [6.45, 7) is 1.38. The molecule has 1 aliphatic heterocycles. The van der Waals surface area contributed by atoms with Gasteiger partial charge in [0.25, 0.3) is 0 Å². The van der Waals surface area contributed by atoms with Gasteiger partial charge in [-0.15, -0.1) is 0 Å². The van der Waals surface area contributed by atoms with E-state index < -0.39 is 15.1 Å². The molecule has 1 saturated heterocycles. The summed E-state index contributed by atoms with van der Waals surface area (Å²) in [4.78, 5) is 31.5. The largest absolute Gasteiger partial charge is 0.373 e. The highest BCUT2D eigenvalue weighted by Crippen LogP contribution is 2.41. The van der Waals surface area contributed by atoms with Crippen LogP contribution in [-0.2, 0) is 24.2 Å². The number of nitrogens with zero attached hydrogens (tertiary/aromatic N) is 1. The molecule has 0 aromatic rings. The molecular formula is C11H18N4O5S. The first-order chi connectivity index (χ1) is 9.72. The molecule has 1 saturated carbocycles. The van der Waals surface area contributed by atoms with Crippen molar-refractivity contribution in [2.24, 2.45) is 22.4 Å². The van der Waals surface area contributed by atoms with Crippen molar-refractivity contribution >= 4 is 27.9 Å². The fourth-order valence-corrected chi connectivity index (χ4v) is 5.54. The molecule has 9 nitrogen and oxygen atoms in total. The first-order valence-corrected chi connectivity index (χ1v) is 8.01. The number of aliphatic imine (C=N–C) groups is 1. The van der Waals surface area contributed by atoms with E-state index >= 15 is 0 Å². The lowest BCUT2D eigenvalue weighted by Crippen LogP contribution is -2.43. The van der Waals surface area contributed by atoms with Crippen LogP contribution < -0.4 is 16.8 Å². The maximum absolute atomic E-state index is 12.0. The summed E-state index contributed by atoms with van der Waals surface area (Å²) in [5.74, 6) is -0.489. The number of hydrogen-bond donors (Lipinski definition) is 3. The van der Waals surface area contributed by atoms with Gasteiger partial charge in [0.15, 0.2) is 15.8 Å². The second-order valence-electron chi connectivity index (χ2n) is 5.03. The predicted octanol–water partition coefficient (Wildman–Crippen LogP) is -2.24. The van der Waals surface area contributed by atoms with Crippen LogP contribution in [0, 0.1) is 5.92 Å². The van der Waals surface area contributed by atoms with E-state index in [-0.39, 0.29) is 41.8 Å². The second kappa shape index (κ2) is 6.68. The first-order valence-electron chi connectivity index (χ1n) is 6.29. The maximum atomic E-state index is 12.0. The van der Waals surface area contributed by atoms with Crippen molar-refractivity contribution in [2.45, 2.75) is 37.1 Å². The Labute approximate surface area is 122 Å². The summed E-state index contributed by atoms with van der Waals surface area (Å²) in [5.41, 5.74) is 10.7. The molecule has 1 heterocycles. The zero-order valence-electron chi connectivity index (χ0n) is 11.5. The van der Waals surface area contributed by atoms with Gasteiger partial charge in [-0.2, -0.15) is 9.59 Å². The molecule has 2 fully saturated rings. The summed E-state index contributed by atoms with van der Waals surface area (Å²) < 4.78 is 24.0. The Hall–Kier alpha value is -1.93. The van der Waals surface area contributed by atoms with Crippen LogP contribution in [0.4, 0.5) is 0 Å². The van der Waals surface area contributed by atoms with Crippen molar-refractivity contribution in [1.82, 2.24) is 5.32 Å². The minimum absolute atomic E-state index is 0.0155. The average Bonchev–Trinajstić information content (AvgIpc) is 2.80. The van der Waals surface area contributed by atoms with Crippen molar-refractivity contribution in [3.05, 3.63) is 0 Å². The van der Waals surface area contributed by atoms with E-state index in [9.17, 15) is 13.2 Å². The van der Waals surface area contributed by atoms with Crippen LogP contribution in [0.25, 0.3) is 0 Å². The van der Waals surface area contributed by atoms with E-state index in [0.717, 1.165) is 0 Å². The highest BCUT2D eigenvalue weighted by atomic mass is 32.2. The Kier molecular flexibility index (Phi) is 5.45. The number of guanidine groups is 1. The van der Waals surface area contributed by atoms with Crippen LogP contribution >= 0.6 is 0 Å². The fourth-order valence-electron chi connectivity index (χ4n) is 3.14. The van der Waals surface area contributed by atoms with Gasteiger partial charge in [0.2, 0.25) is 5.91 Å². The highest BCUT2D eigenvalue weighted by molar-refractivity contribution is 7.92. The van der Waals surface area contributed by atoms with Crippen LogP contribution in [0.3, 0.4) is 0 Å². The molecule has 118 valence electrons. The second-order valence-corrected chi connectivity index (χ2v) is 7.30. The molecule has 2 rings (SSSR count). The summed E-state index contributed by atoms with van der Waals surface area (Å²) in [6, 6.07) is -0.595. The number of amides is 1.